The van der Waals surface area contributed by atoms with Crippen LogP contribution in [0.25, 0.3) is 0 Å². The van der Waals surface area contributed by atoms with Gasteiger partial charge in [-0.15, -0.1) is 0 Å². The predicted octanol–water partition coefficient (Wildman–Crippen LogP) is 2.53. The number of rotatable bonds is 2. The molecule has 5 heteroatoms. The van der Waals surface area contributed by atoms with Crippen molar-refractivity contribution in [1.82, 2.24) is 9.36 Å². The van der Waals surface area contributed by atoms with Crippen LogP contribution in [0.15, 0.2) is 34.2 Å². The Morgan fingerprint density at radius 3 is 2.57 bits per heavy atom. The zero-order valence-electron chi connectivity index (χ0n) is 6.98. The average Bonchev–Trinajstić information content (AvgIpc) is 2.71. The summed E-state index contributed by atoms with van der Waals surface area (Å²) < 4.78 is 4.83. The maximum absolute atomic E-state index is 11.7. The van der Waals surface area contributed by atoms with Gasteiger partial charge < -0.3 is 0 Å². The van der Waals surface area contributed by atoms with Crippen molar-refractivity contribution in [3.63, 3.8) is 0 Å². The van der Waals surface area contributed by atoms with Crippen LogP contribution in [-0.2, 0) is 0 Å². The summed E-state index contributed by atoms with van der Waals surface area (Å²) in [5.41, 5.74) is 2.15. The molecule has 0 unspecified atom stereocenters. The molecule has 0 saturated carbocycles. The van der Waals surface area contributed by atoms with Gasteiger partial charge in [0.15, 0.2) is 0 Å². The molecule has 70 valence electrons. The minimum atomic E-state index is -0.140. The first kappa shape index (κ1) is 9.48. The van der Waals surface area contributed by atoms with E-state index < -0.39 is 0 Å². The van der Waals surface area contributed by atoms with E-state index >= 15 is 0 Å². The van der Waals surface area contributed by atoms with Gasteiger partial charge in [0.1, 0.15) is 5.51 Å². The number of hydrogen-bond acceptors (Lipinski definition) is 4. The molecule has 0 N–H and O–H groups in total. The van der Waals surface area contributed by atoms with Gasteiger partial charge >= 0.3 is 0 Å². The number of carbonyl (C=O) groups is 1. The molecular weight excluding hydrogens is 264 g/mol. The molecule has 1 aromatic heterocycles. The van der Waals surface area contributed by atoms with E-state index in [4.69, 9.17) is 0 Å². The highest BCUT2D eigenvalue weighted by Crippen LogP contribution is 2.12. The molecule has 14 heavy (non-hydrogen) atoms. The third kappa shape index (κ3) is 1.88. The quantitative estimate of drug-likeness (QED) is 0.787. The number of hydrogen-bond donors (Lipinski definition) is 0. The van der Waals surface area contributed by atoms with E-state index in [9.17, 15) is 4.79 Å². The number of halogens is 1. The molecule has 0 radical (unpaired) electrons. The number of ketones is 1. The first-order valence-electron chi connectivity index (χ1n) is 3.84. The Morgan fingerprint density at radius 2 is 2.00 bits per heavy atom. The Morgan fingerprint density at radius 1 is 1.29 bits per heavy atom. The van der Waals surface area contributed by atoms with Gasteiger partial charge in [-0.25, -0.2) is 4.98 Å². The third-order valence-electron chi connectivity index (χ3n) is 1.67. The largest absolute Gasteiger partial charge is 0.285 e. The van der Waals surface area contributed by atoms with Crippen molar-refractivity contribution in [2.24, 2.45) is 0 Å². The van der Waals surface area contributed by atoms with E-state index in [1.165, 1.54) is 11.5 Å². The Kier molecular flexibility index (Phi) is 2.69. The van der Waals surface area contributed by atoms with Crippen LogP contribution in [0, 0.1) is 0 Å². The molecule has 3 nitrogen and oxygen atoms in total. The zero-order chi connectivity index (χ0) is 9.97. The van der Waals surface area contributed by atoms with Crippen molar-refractivity contribution in [3.8, 4) is 0 Å². The van der Waals surface area contributed by atoms with Crippen LogP contribution in [0.4, 0.5) is 0 Å². The standard InChI is InChI=1S/C9H5BrN2OS/c10-7-3-1-6(2-4-7)8(13)9-11-5-14-12-9/h1-5H. The van der Waals surface area contributed by atoms with Crippen molar-refractivity contribution in [1.29, 1.82) is 0 Å². The van der Waals surface area contributed by atoms with Gasteiger partial charge in [0.25, 0.3) is 0 Å². The summed E-state index contributed by atoms with van der Waals surface area (Å²) in [5, 5.41) is 0. The average molecular weight is 269 g/mol. The highest BCUT2D eigenvalue weighted by molar-refractivity contribution is 9.10. The van der Waals surface area contributed by atoms with Crippen LogP contribution in [0.3, 0.4) is 0 Å². The van der Waals surface area contributed by atoms with Crippen molar-refractivity contribution in [3.05, 3.63) is 45.6 Å². The second-order valence-corrected chi connectivity index (χ2v) is 4.11. The highest BCUT2D eigenvalue weighted by Gasteiger charge is 2.11. The molecule has 0 amide bonds. The number of carbonyl (C=O) groups excluding carboxylic acids is 1. The molecule has 0 aliphatic carbocycles. The molecule has 0 saturated heterocycles. The van der Waals surface area contributed by atoms with E-state index in [0.717, 1.165) is 4.47 Å². The molecule has 0 fully saturated rings. The van der Waals surface area contributed by atoms with Crippen molar-refractivity contribution < 1.29 is 4.79 Å². The van der Waals surface area contributed by atoms with Crippen molar-refractivity contribution in [2.75, 3.05) is 0 Å². The van der Waals surface area contributed by atoms with Crippen molar-refractivity contribution in [2.45, 2.75) is 0 Å². The predicted molar refractivity (Wildman–Crippen MR) is 57.5 cm³/mol. The van der Waals surface area contributed by atoms with Gasteiger partial charge in [-0.2, -0.15) is 4.37 Å². The summed E-state index contributed by atoms with van der Waals surface area (Å²) in [6, 6.07) is 7.13. The minimum absolute atomic E-state index is 0.140. The summed E-state index contributed by atoms with van der Waals surface area (Å²) in [6.07, 6.45) is 0. The molecule has 0 bridgehead atoms. The molecule has 1 aromatic carbocycles. The second-order valence-electron chi connectivity index (χ2n) is 2.59. The van der Waals surface area contributed by atoms with Gasteiger partial charge in [0.05, 0.1) is 0 Å². The molecule has 0 aliphatic heterocycles. The molecular formula is C9H5BrN2OS. The van der Waals surface area contributed by atoms with Gasteiger partial charge in [0, 0.05) is 10.0 Å². The lowest BCUT2D eigenvalue weighted by molar-refractivity contribution is 0.103. The molecule has 0 aliphatic rings. The molecule has 0 spiro atoms. The molecule has 2 aromatic rings. The fourth-order valence-corrected chi connectivity index (χ4v) is 1.69. The fraction of sp³-hybridized carbons (Fsp3) is 0. The first-order valence-corrected chi connectivity index (χ1v) is 5.47. The van der Waals surface area contributed by atoms with E-state index in [1.807, 2.05) is 12.1 Å². The summed E-state index contributed by atoms with van der Waals surface area (Å²) >= 11 is 4.48. The van der Waals surface area contributed by atoms with Gasteiger partial charge in [-0.05, 0) is 35.8 Å². The summed E-state index contributed by atoms with van der Waals surface area (Å²) in [6.45, 7) is 0. The van der Waals surface area contributed by atoms with Crippen LogP contribution < -0.4 is 0 Å². The van der Waals surface area contributed by atoms with E-state index in [0.29, 0.717) is 5.56 Å². The Bertz CT molecular complexity index is 438. The smallest absolute Gasteiger partial charge is 0.231 e. The van der Waals surface area contributed by atoms with E-state index in [2.05, 4.69) is 25.3 Å². The number of aromatic nitrogens is 2. The SMILES string of the molecule is O=C(c1ccc(Br)cc1)c1ncsn1. The highest BCUT2D eigenvalue weighted by atomic mass is 79.9. The van der Waals surface area contributed by atoms with E-state index in [-0.39, 0.29) is 11.6 Å². The Balaban J connectivity index is 2.33. The van der Waals surface area contributed by atoms with Gasteiger partial charge in [0.2, 0.25) is 11.6 Å². The van der Waals surface area contributed by atoms with Crippen LogP contribution in [0.5, 0.6) is 0 Å². The third-order valence-corrected chi connectivity index (χ3v) is 2.68. The van der Waals surface area contributed by atoms with E-state index in [1.54, 1.807) is 17.6 Å². The maximum Gasteiger partial charge on any atom is 0.231 e. The van der Waals surface area contributed by atoms with Crippen LogP contribution in [0.2, 0.25) is 0 Å². The summed E-state index contributed by atoms with van der Waals surface area (Å²) in [4.78, 5) is 15.5. The second kappa shape index (κ2) is 3.98. The lowest BCUT2D eigenvalue weighted by atomic mass is 10.1. The summed E-state index contributed by atoms with van der Waals surface area (Å²) in [7, 11) is 0. The van der Waals surface area contributed by atoms with Crippen LogP contribution in [0.1, 0.15) is 16.2 Å². The lowest BCUT2D eigenvalue weighted by Gasteiger charge is -1.95. The Hall–Kier alpha value is -1.07. The fourth-order valence-electron chi connectivity index (χ4n) is 1.00. The maximum atomic E-state index is 11.7. The molecule has 1 heterocycles. The molecule has 0 atom stereocenters. The Labute approximate surface area is 93.1 Å². The zero-order valence-corrected chi connectivity index (χ0v) is 9.38. The van der Waals surface area contributed by atoms with Crippen molar-refractivity contribution >= 4 is 33.2 Å². The first-order chi connectivity index (χ1) is 6.77. The topological polar surface area (TPSA) is 42.9 Å². The van der Waals surface area contributed by atoms with Gasteiger partial charge in [-0.1, -0.05) is 15.9 Å². The molecule has 2 rings (SSSR count). The van der Waals surface area contributed by atoms with Gasteiger partial charge in [-0.3, -0.25) is 4.79 Å². The normalized spacial score (nSPS) is 10.1. The number of nitrogens with zero attached hydrogens (tertiary/aromatic N) is 2. The van der Waals surface area contributed by atoms with Crippen LogP contribution >= 0.6 is 27.5 Å². The minimum Gasteiger partial charge on any atom is -0.285 e. The number of benzene rings is 1. The van der Waals surface area contributed by atoms with Crippen LogP contribution in [-0.4, -0.2) is 15.1 Å². The monoisotopic (exact) mass is 268 g/mol. The lowest BCUT2D eigenvalue weighted by Crippen LogP contribution is -2.02. The summed E-state index contributed by atoms with van der Waals surface area (Å²) in [5.74, 6) is 0.121.